The van der Waals surface area contributed by atoms with Gasteiger partial charge in [0.25, 0.3) is 0 Å². The highest BCUT2D eigenvalue weighted by Crippen LogP contribution is 2.43. The van der Waals surface area contributed by atoms with E-state index in [-0.39, 0.29) is 16.2 Å². The van der Waals surface area contributed by atoms with Crippen molar-refractivity contribution in [2.24, 2.45) is 0 Å². The molecule has 0 spiro atoms. The molecule has 0 aliphatic carbocycles. The number of fused-ring (bicyclic) bond motifs is 4. The Hall–Kier alpha value is -7.11. The first kappa shape index (κ1) is 45.7. The molecular formula is C64H66N4O. The maximum atomic E-state index is 6.73. The van der Waals surface area contributed by atoms with Crippen LogP contribution in [0.1, 0.15) is 97.4 Å². The number of para-hydroxylation sites is 3. The zero-order chi connectivity index (χ0) is 48.1. The van der Waals surface area contributed by atoms with E-state index in [9.17, 15) is 0 Å². The summed E-state index contributed by atoms with van der Waals surface area (Å²) >= 11 is 0. The molecule has 69 heavy (non-hydrogen) atoms. The zero-order valence-electron chi connectivity index (χ0n) is 42.0. The molecule has 0 amide bonds. The lowest BCUT2D eigenvalue weighted by atomic mass is 9.80. The molecule has 5 heteroatoms. The second kappa shape index (κ2) is 18.1. The number of pyridine rings is 1. The second-order valence-electron chi connectivity index (χ2n) is 22.1. The third-order valence-corrected chi connectivity index (χ3v) is 14.0. The van der Waals surface area contributed by atoms with E-state index in [0.29, 0.717) is 0 Å². The molecule has 1 aliphatic rings. The van der Waals surface area contributed by atoms with Crippen LogP contribution in [0.3, 0.4) is 0 Å². The summed E-state index contributed by atoms with van der Waals surface area (Å²) in [7, 11) is 0. The summed E-state index contributed by atoms with van der Waals surface area (Å²) in [5.41, 5.74) is 16.4. The highest BCUT2D eigenvalue weighted by atomic mass is 16.5. The van der Waals surface area contributed by atoms with Crippen molar-refractivity contribution in [1.29, 1.82) is 0 Å². The van der Waals surface area contributed by atoms with Gasteiger partial charge in [0.1, 0.15) is 17.3 Å². The van der Waals surface area contributed by atoms with Gasteiger partial charge in [-0.05, 0) is 141 Å². The van der Waals surface area contributed by atoms with Crippen LogP contribution in [0, 0.1) is 0 Å². The Balaban J connectivity index is 0.879. The molecule has 9 aromatic rings. The van der Waals surface area contributed by atoms with Crippen molar-refractivity contribution in [1.82, 2.24) is 9.55 Å². The largest absolute Gasteiger partial charge is 0.457 e. The number of nitrogens with zero attached hydrogens (tertiary/aromatic N) is 4. The molecule has 0 saturated carbocycles. The Morgan fingerprint density at radius 3 is 1.96 bits per heavy atom. The number of rotatable bonds is 11. The third-order valence-electron chi connectivity index (χ3n) is 14.0. The minimum atomic E-state index is 0.00105. The molecule has 0 saturated heterocycles. The van der Waals surface area contributed by atoms with Gasteiger partial charge in [-0.3, -0.25) is 4.57 Å². The lowest BCUT2D eigenvalue weighted by Gasteiger charge is -2.25. The minimum absolute atomic E-state index is 0.00105. The van der Waals surface area contributed by atoms with E-state index in [1.54, 1.807) is 0 Å². The molecule has 0 fully saturated rings. The monoisotopic (exact) mass is 907 g/mol. The number of benzene rings is 7. The highest BCUT2D eigenvalue weighted by Gasteiger charge is 2.27. The summed E-state index contributed by atoms with van der Waals surface area (Å²) in [6.45, 7) is 22.4. The first-order valence-electron chi connectivity index (χ1n) is 24.8. The normalized spacial score (nSPS) is 13.1. The number of unbranched alkanes of at least 4 members (excludes halogenated alkanes) is 1. The molecular weight excluding hydrogens is 841 g/mol. The van der Waals surface area contributed by atoms with Crippen LogP contribution in [0.2, 0.25) is 0 Å². The van der Waals surface area contributed by atoms with Crippen molar-refractivity contribution in [2.75, 3.05) is 23.0 Å². The Labute approximate surface area is 410 Å². The summed E-state index contributed by atoms with van der Waals surface area (Å²) < 4.78 is 9.00. The molecule has 0 unspecified atom stereocenters. The summed E-state index contributed by atoms with van der Waals surface area (Å²) in [6, 6.07) is 62.0. The number of aromatic nitrogens is 2. The first-order valence-corrected chi connectivity index (χ1v) is 24.8. The zero-order valence-corrected chi connectivity index (χ0v) is 42.0. The van der Waals surface area contributed by atoms with Crippen LogP contribution in [-0.4, -0.2) is 22.8 Å². The lowest BCUT2D eigenvalue weighted by Crippen LogP contribution is -2.28. The van der Waals surface area contributed by atoms with Gasteiger partial charge in [-0.1, -0.05) is 159 Å². The topological polar surface area (TPSA) is 33.5 Å². The van der Waals surface area contributed by atoms with Crippen LogP contribution in [-0.2, 0) is 22.7 Å². The molecule has 7 aromatic carbocycles. The Bertz CT molecular complexity index is 3310. The highest BCUT2D eigenvalue weighted by molar-refractivity contribution is 6.09. The molecule has 2 aromatic heterocycles. The second-order valence-corrected chi connectivity index (χ2v) is 22.1. The molecule has 10 rings (SSSR count). The fourth-order valence-electron chi connectivity index (χ4n) is 9.97. The van der Waals surface area contributed by atoms with Gasteiger partial charge in [-0.25, -0.2) is 4.98 Å². The predicted molar refractivity (Wildman–Crippen MR) is 292 cm³/mol. The van der Waals surface area contributed by atoms with Crippen LogP contribution in [0.5, 0.6) is 11.5 Å². The first-order chi connectivity index (χ1) is 33.1. The van der Waals surface area contributed by atoms with Gasteiger partial charge < -0.3 is 14.5 Å². The van der Waals surface area contributed by atoms with E-state index in [0.717, 1.165) is 66.5 Å². The Kier molecular flexibility index (Phi) is 12.0. The van der Waals surface area contributed by atoms with E-state index in [1.807, 2.05) is 6.20 Å². The van der Waals surface area contributed by atoms with Crippen LogP contribution >= 0.6 is 0 Å². The molecule has 0 bridgehead atoms. The van der Waals surface area contributed by atoms with Crippen LogP contribution in [0.4, 0.5) is 17.1 Å². The van der Waals surface area contributed by atoms with Crippen molar-refractivity contribution in [3.8, 4) is 39.6 Å². The SMILES string of the molecule is CC(C)(C)c1cc(-c2ccccc2)cc(-c2cc(C(C)(C)C)ccc2CCCCN2CN(c3cccc(Oc4ccc5c6ccccc6n(-c6cc(C(C)(C)C)ccn6)c5c4)c3)c3ccccc32)c1. The quantitative estimate of drug-likeness (QED) is 0.121. The van der Waals surface area contributed by atoms with Crippen molar-refractivity contribution in [3.05, 3.63) is 198 Å². The lowest BCUT2D eigenvalue weighted by molar-refractivity contribution is 0.483. The van der Waals surface area contributed by atoms with E-state index in [4.69, 9.17) is 9.72 Å². The summed E-state index contributed by atoms with van der Waals surface area (Å²) in [4.78, 5) is 9.85. The average molecular weight is 907 g/mol. The maximum Gasteiger partial charge on any atom is 0.137 e. The molecule has 0 radical (unpaired) electrons. The minimum Gasteiger partial charge on any atom is -0.457 e. The van der Waals surface area contributed by atoms with Gasteiger partial charge in [0.2, 0.25) is 0 Å². The average Bonchev–Trinajstić information content (AvgIpc) is 3.88. The molecule has 3 heterocycles. The van der Waals surface area contributed by atoms with E-state index in [1.165, 1.54) is 66.7 Å². The van der Waals surface area contributed by atoms with Crippen molar-refractivity contribution >= 4 is 38.9 Å². The predicted octanol–water partition coefficient (Wildman–Crippen LogP) is 17.1. The molecule has 1 aliphatic heterocycles. The Morgan fingerprint density at radius 2 is 1.17 bits per heavy atom. The summed E-state index contributed by atoms with van der Waals surface area (Å²) in [5.74, 6) is 2.49. The molecule has 5 nitrogen and oxygen atoms in total. The Morgan fingerprint density at radius 1 is 0.493 bits per heavy atom. The molecule has 0 N–H and O–H groups in total. The van der Waals surface area contributed by atoms with Crippen LogP contribution < -0.4 is 14.5 Å². The van der Waals surface area contributed by atoms with E-state index >= 15 is 0 Å². The van der Waals surface area contributed by atoms with Gasteiger partial charge >= 0.3 is 0 Å². The number of anilines is 3. The van der Waals surface area contributed by atoms with E-state index in [2.05, 4.69) is 247 Å². The number of ether oxygens (including phenoxy) is 1. The fraction of sp³-hybridized carbons (Fsp3) is 0.266. The molecule has 348 valence electrons. The van der Waals surface area contributed by atoms with E-state index < -0.39 is 0 Å². The van der Waals surface area contributed by atoms with Gasteiger partial charge in [-0.15, -0.1) is 0 Å². The van der Waals surface area contributed by atoms with Crippen molar-refractivity contribution in [2.45, 2.75) is 97.8 Å². The van der Waals surface area contributed by atoms with Gasteiger partial charge in [0.05, 0.1) is 29.1 Å². The van der Waals surface area contributed by atoms with Crippen LogP contribution in [0.25, 0.3) is 49.9 Å². The number of hydrogen-bond donors (Lipinski definition) is 0. The van der Waals surface area contributed by atoms with Gasteiger partial charge in [0.15, 0.2) is 0 Å². The number of hydrogen-bond acceptors (Lipinski definition) is 4. The fourth-order valence-corrected chi connectivity index (χ4v) is 9.97. The van der Waals surface area contributed by atoms with Crippen molar-refractivity contribution in [3.63, 3.8) is 0 Å². The maximum absolute atomic E-state index is 6.73. The summed E-state index contributed by atoms with van der Waals surface area (Å²) in [6.07, 6.45) is 5.12. The van der Waals surface area contributed by atoms with Crippen LogP contribution in [0.15, 0.2) is 176 Å². The van der Waals surface area contributed by atoms with Gasteiger partial charge in [-0.2, -0.15) is 0 Å². The van der Waals surface area contributed by atoms with Gasteiger partial charge in [0, 0.05) is 41.3 Å². The summed E-state index contributed by atoms with van der Waals surface area (Å²) in [5, 5.41) is 2.37. The molecule has 0 atom stereocenters. The number of aryl methyl sites for hydroxylation is 1. The van der Waals surface area contributed by atoms with Crippen molar-refractivity contribution < 1.29 is 4.74 Å². The standard InChI is InChI=1S/C64H66N4O/c1-62(2,3)48-30-29-45(56(39-48)47-36-46(44-20-11-10-12-21-44)37-50(38-47)64(7,8)9)22-17-18-35-66-43-67(59-28-16-15-27-58(59)66)51-23-19-24-52(41-51)69-53-31-32-55-54-25-13-14-26-57(54)68(60(55)42-53)61-40-49(33-34-65-61)63(4,5)6/h10-16,19-21,23-34,36-42H,17-18,22,35,43H2,1-9H3. The third kappa shape index (κ3) is 9.40. The smallest absolute Gasteiger partial charge is 0.137 e.